The van der Waals surface area contributed by atoms with Gasteiger partial charge in [-0.3, -0.25) is 0 Å². The molecule has 0 bridgehead atoms. The van der Waals surface area contributed by atoms with E-state index < -0.39 is 0 Å². The Kier molecular flexibility index (Phi) is 8.06. The van der Waals surface area contributed by atoms with Crippen molar-refractivity contribution in [3.05, 3.63) is 133 Å². The molecule has 0 saturated carbocycles. The molecule has 1 aliphatic rings. The molecule has 6 aromatic carbocycles. The van der Waals surface area contributed by atoms with Crippen LogP contribution in [-0.4, -0.2) is 55.7 Å². The summed E-state index contributed by atoms with van der Waals surface area (Å²) in [7, 11) is 8.75. The van der Waals surface area contributed by atoms with Gasteiger partial charge in [0.25, 0.3) is 0 Å². The molecular weight excluding hydrogens is 829 g/mol. The molecule has 1 fully saturated rings. The number of hydrogen-bond donors (Lipinski definition) is 0. The molecule has 246 valence electrons. The Bertz CT molecular complexity index is 2380. The van der Waals surface area contributed by atoms with E-state index in [0.717, 1.165) is 0 Å². The number of hydrogen-bond acceptors (Lipinski definition) is 6. The fourth-order valence-corrected chi connectivity index (χ4v) is 11.3. The third-order valence-corrected chi connectivity index (χ3v) is 13.5. The third-order valence-electron chi connectivity index (χ3n) is 9.94. The summed E-state index contributed by atoms with van der Waals surface area (Å²) in [4.78, 5) is 9.65. The number of rotatable bonds is 6. The molecule has 2 aromatic heterocycles. The minimum atomic E-state index is 0.0985. The summed E-state index contributed by atoms with van der Waals surface area (Å²) < 4.78 is 6.55. The number of anilines is 2. The van der Waals surface area contributed by atoms with Crippen LogP contribution in [0.3, 0.4) is 0 Å². The van der Waals surface area contributed by atoms with Gasteiger partial charge in [-0.05, 0) is 0 Å². The molecule has 8 aromatic rings. The summed E-state index contributed by atoms with van der Waals surface area (Å²) >= 11 is 6.31. The monoisotopic (exact) mass is 863 g/mol. The molecule has 0 atom stereocenters. The van der Waals surface area contributed by atoms with E-state index in [4.69, 9.17) is 0 Å². The van der Waals surface area contributed by atoms with Gasteiger partial charge >= 0.3 is 315 Å². The van der Waals surface area contributed by atoms with Crippen molar-refractivity contribution in [1.29, 1.82) is 0 Å². The summed E-state index contributed by atoms with van der Waals surface area (Å²) in [5.74, 6) is 0. The summed E-state index contributed by atoms with van der Waals surface area (Å²) in [6.07, 6.45) is 0. The first-order chi connectivity index (χ1) is 24.4. The fourth-order valence-electron chi connectivity index (χ4n) is 7.63. The van der Waals surface area contributed by atoms with Crippen molar-refractivity contribution in [2.75, 3.05) is 37.8 Å². The first-order valence-corrected chi connectivity index (χ1v) is 19.6. The van der Waals surface area contributed by atoms with Crippen molar-refractivity contribution >= 4 is 92.3 Å². The van der Waals surface area contributed by atoms with Crippen LogP contribution in [0.4, 0.5) is 11.4 Å². The zero-order chi connectivity index (χ0) is 34.1. The molecule has 0 radical (unpaired) electrons. The van der Waals surface area contributed by atoms with Crippen molar-refractivity contribution in [3.8, 4) is 22.3 Å². The van der Waals surface area contributed by atoms with E-state index in [-0.39, 0.29) is 13.7 Å². The van der Waals surface area contributed by atoms with Gasteiger partial charge in [0.2, 0.25) is 0 Å². The second kappa shape index (κ2) is 12.6. The van der Waals surface area contributed by atoms with E-state index in [1.807, 2.05) is 22.7 Å². The molecule has 0 amide bonds. The summed E-state index contributed by atoms with van der Waals surface area (Å²) in [5.41, 5.74) is 7.43. The Balaban J connectivity index is 1.07. The average molecular weight is 864 g/mol. The van der Waals surface area contributed by atoms with Gasteiger partial charge in [0.05, 0.1) is 0 Å². The van der Waals surface area contributed by atoms with E-state index in [1.165, 1.54) is 78.1 Å². The van der Waals surface area contributed by atoms with E-state index in [9.17, 15) is 0 Å². The Labute approximate surface area is 312 Å². The fraction of sp³-hybridized carbons (Fsp3) is 0.0976. The van der Waals surface area contributed by atoms with Crippen LogP contribution < -0.4 is 9.62 Å². The van der Waals surface area contributed by atoms with Gasteiger partial charge in [-0.25, -0.2) is 0 Å². The number of thiophene rings is 2. The number of benzene rings is 6. The van der Waals surface area contributed by atoms with Gasteiger partial charge in [-0.2, -0.15) is 0 Å². The molecule has 0 unspecified atom stereocenters. The molecule has 0 aliphatic carbocycles. The summed E-state index contributed by atoms with van der Waals surface area (Å²) in [6, 6.07) is 49.2. The van der Waals surface area contributed by atoms with E-state index in [1.54, 1.807) is 0 Å². The Morgan fingerprint density at radius 2 is 0.840 bits per heavy atom. The van der Waals surface area contributed by atoms with Gasteiger partial charge in [0.1, 0.15) is 0 Å². The van der Waals surface area contributed by atoms with Gasteiger partial charge in [-0.1, -0.05) is 0 Å². The SMILES string of the molecule is CN(C)B1B(N(C)C)N(c2ccc(-c3cccc4c3sc3ccccc34)cc2)[C](=[Pt])N1c1ccc(-c2cccc3c2sc2ccccc23)cc1. The quantitative estimate of drug-likeness (QED) is 0.155. The van der Waals surface area contributed by atoms with Crippen molar-refractivity contribution in [2.45, 2.75) is 0 Å². The molecule has 0 N–H and O–H groups in total. The molecule has 1 saturated heterocycles. The van der Waals surface area contributed by atoms with Gasteiger partial charge in [0.15, 0.2) is 0 Å². The molecule has 9 heteroatoms. The normalized spacial score (nSPS) is 13.9. The number of fused-ring (bicyclic) bond motifs is 6. The summed E-state index contributed by atoms with van der Waals surface area (Å²) in [5, 5.41) is 5.33. The van der Waals surface area contributed by atoms with Gasteiger partial charge < -0.3 is 0 Å². The van der Waals surface area contributed by atoms with Crippen LogP contribution >= 0.6 is 22.7 Å². The number of nitrogens with zero attached hydrogens (tertiary/aromatic N) is 4. The maximum absolute atomic E-state index is 2.54. The van der Waals surface area contributed by atoms with Crippen molar-refractivity contribution in [3.63, 3.8) is 0 Å². The zero-order valence-corrected chi connectivity index (χ0v) is 32.2. The van der Waals surface area contributed by atoms with Gasteiger partial charge in [-0.15, -0.1) is 0 Å². The van der Waals surface area contributed by atoms with Crippen LogP contribution in [0.5, 0.6) is 0 Å². The topological polar surface area (TPSA) is 13.0 Å². The first-order valence-electron chi connectivity index (χ1n) is 16.8. The third kappa shape index (κ3) is 5.12. The summed E-state index contributed by atoms with van der Waals surface area (Å²) in [6.45, 7) is 0.197. The van der Waals surface area contributed by atoms with Crippen molar-refractivity contribution < 1.29 is 19.4 Å². The van der Waals surface area contributed by atoms with Crippen LogP contribution in [0.1, 0.15) is 0 Å². The maximum atomic E-state index is 2.54. The first kappa shape index (κ1) is 31.9. The van der Waals surface area contributed by atoms with Crippen LogP contribution in [0.2, 0.25) is 0 Å². The Morgan fingerprint density at radius 3 is 1.24 bits per heavy atom. The van der Waals surface area contributed by atoms with Crippen molar-refractivity contribution in [2.24, 2.45) is 0 Å². The molecule has 4 nitrogen and oxygen atoms in total. The average Bonchev–Trinajstić information content (AvgIpc) is 3.81. The van der Waals surface area contributed by atoms with E-state index in [2.05, 4.69) is 200 Å². The van der Waals surface area contributed by atoms with E-state index in [0.29, 0.717) is 0 Å². The van der Waals surface area contributed by atoms with Crippen LogP contribution in [-0.2, 0) is 19.4 Å². The molecule has 0 spiro atoms. The van der Waals surface area contributed by atoms with Crippen LogP contribution in [0, 0.1) is 0 Å². The predicted molar refractivity (Wildman–Crippen MR) is 218 cm³/mol. The second-order valence-corrected chi connectivity index (χ2v) is 16.5. The Hall–Kier alpha value is -4.03. The minimum absolute atomic E-state index is 0.0985. The molecule has 1 aliphatic heterocycles. The molecule has 3 heterocycles. The van der Waals surface area contributed by atoms with Crippen LogP contribution in [0.15, 0.2) is 133 Å². The van der Waals surface area contributed by atoms with Crippen LogP contribution in [0.25, 0.3) is 62.6 Å². The zero-order valence-electron chi connectivity index (χ0n) is 28.3. The molecule has 50 heavy (non-hydrogen) atoms. The van der Waals surface area contributed by atoms with Crippen molar-refractivity contribution in [1.82, 2.24) is 9.62 Å². The second-order valence-electron chi connectivity index (χ2n) is 13.4. The van der Waals surface area contributed by atoms with Gasteiger partial charge in [0, 0.05) is 0 Å². The van der Waals surface area contributed by atoms with E-state index >= 15 is 0 Å². The Morgan fingerprint density at radius 1 is 0.460 bits per heavy atom. The molecular formula is C41H34B2N4PtS2. The molecule has 9 rings (SSSR count). The standard InChI is InChI=1S/C41H34B2N4S2.Pt/c1-44(2)42-43(45(3)4)47(31-25-21-29(22-26-31)33-14-10-16-37-35-12-6-8-18-39(35)49-41(33)37)27-46(42)30-23-19-28(20-24-30)32-13-9-15-36-34-11-5-7-17-38(34)48-40(32)36;/h5-26H,1-4H3;. The predicted octanol–water partition coefficient (Wildman–Crippen LogP) is 9.90.